The van der Waals surface area contributed by atoms with Gasteiger partial charge < -0.3 is 5.32 Å². The Balaban J connectivity index is 1.94. The van der Waals surface area contributed by atoms with Crippen LogP contribution >= 0.6 is 27.5 Å². The summed E-state index contributed by atoms with van der Waals surface area (Å²) >= 11 is 9.27. The Kier molecular flexibility index (Phi) is 4.59. The maximum absolute atomic E-state index is 12.5. The summed E-state index contributed by atoms with van der Waals surface area (Å²) in [5, 5.41) is 15.3. The molecule has 24 heavy (non-hydrogen) atoms. The molecule has 0 spiro atoms. The lowest BCUT2D eigenvalue weighted by atomic mass is 10.2. The summed E-state index contributed by atoms with van der Waals surface area (Å²) in [5.74, 6) is 0.573. The highest BCUT2D eigenvalue weighted by atomic mass is 79.9. The molecule has 3 aromatic rings. The van der Waals surface area contributed by atoms with Crippen molar-refractivity contribution < 1.29 is 4.79 Å². The molecule has 0 fully saturated rings. The lowest BCUT2D eigenvalue weighted by Gasteiger charge is -2.09. The van der Waals surface area contributed by atoms with Gasteiger partial charge in [0.25, 0.3) is 5.91 Å². The number of carbonyl (C=O) groups is 1. The predicted molar refractivity (Wildman–Crippen MR) is 93.5 cm³/mol. The molecule has 0 aliphatic rings. The number of amides is 1. The van der Waals surface area contributed by atoms with Crippen molar-refractivity contribution in [3.63, 3.8) is 0 Å². The van der Waals surface area contributed by atoms with Gasteiger partial charge in [-0.3, -0.25) is 4.79 Å². The topological polar surface area (TPSA) is 85.6 Å². The van der Waals surface area contributed by atoms with Crippen LogP contribution in [-0.2, 0) is 0 Å². The van der Waals surface area contributed by atoms with E-state index in [1.807, 2.05) is 19.9 Å². The van der Waals surface area contributed by atoms with Gasteiger partial charge in [0.05, 0.1) is 17.0 Å². The second kappa shape index (κ2) is 6.66. The van der Waals surface area contributed by atoms with E-state index in [-0.39, 0.29) is 10.7 Å². The number of pyridine rings is 1. The van der Waals surface area contributed by atoms with Crippen LogP contribution in [0.2, 0.25) is 5.15 Å². The number of anilines is 1. The molecule has 1 amide bonds. The van der Waals surface area contributed by atoms with Crippen LogP contribution in [-0.4, -0.2) is 30.9 Å². The summed E-state index contributed by atoms with van der Waals surface area (Å²) in [6.45, 7) is 3.66. The number of hydrogen-bond donors (Lipinski definition) is 1. The lowest BCUT2D eigenvalue weighted by molar-refractivity contribution is 0.102. The first kappa shape index (κ1) is 16.5. The number of nitrogens with zero attached hydrogens (tertiary/aromatic N) is 5. The van der Waals surface area contributed by atoms with Crippen molar-refractivity contribution in [3.05, 3.63) is 57.0 Å². The standard InChI is InChI=1S/C15H12BrClN6O/c1-8-3-4-12(21-20-8)23-13(5-9(2)22-23)19-15(24)11-6-10(16)7-18-14(11)17/h3-7H,1-2H3,(H,19,24). The molecule has 0 unspecified atom stereocenters. The van der Waals surface area contributed by atoms with E-state index in [2.05, 4.69) is 41.5 Å². The van der Waals surface area contributed by atoms with Crippen LogP contribution in [0.1, 0.15) is 21.7 Å². The highest BCUT2D eigenvalue weighted by Crippen LogP contribution is 2.21. The highest BCUT2D eigenvalue weighted by molar-refractivity contribution is 9.10. The maximum atomic E-state index is 12.5. The molecule has 122 valence electrons. The SMILES string of the molecule is Cc1ccc(-n2nc(C)cc2NC(=O)c2cc(Br)cnc2Cl)nn1. The van der Waals surface area contributed by atoms with Gasteiger partial charge in [-0.25, -0.2) is 4.98 Å². The third kappa shape index (κ3) is 3.44. The molecule has 3 rings (SSSR count). The van der Waals surface area contributed by atoms with Crippen LogP contribution in [0.25, 0.3) is 5.82 Å². The van der Waals surface area contributed by atoms with E-state index >= 15 is 0 Å². The Labute approximate surface area is 151 Å². The third-order valence-corrected chi connectivity index (χ3v) is 3.86. The number of aromatic nitrogens is 5. The normalized spacial score (nSPS) is 10.7. The van der Waals surface area contributed by atoms with Crippen LogP contribution in [0.3, 0.4) is 0 Å². The first-order valence-electron chi connectivity index (χ1n) is 6.94. The molecule has 0 saturated carbocycles. The first-order chi connectivity index (χ1) is 11.4. The molecular formula is C15H12BrClN6O. The molecule has 7 nitrogen and oxygen atoms in total. The second-order valence-corrected chi connectivity index (χ2v) is 6.34. The van der Waals surface area contributed by atoms with E-state index in [9.17, 15) is 4.79 Å². The first-order valence-corrected chi connectivity index (χ1v) is 8.11. The van der Waals surface area contributed by atoms with Gasteiger partial charge in [0, 0.05) is 16.7 Å². The Morgan fingerprint density at radius 3 is 2.71 bits per heavy atom. The number of rotatable bonds is 3. The lowest BCUT2D eigenvalue weighted by Crippen LogP contribution is -2.16. The largest absolute Gasteiger partial charge is 0.306 e. The van der Waals surface area contributed by atoms with Crippen molar-refractivity contribution in [3.8, 4) is 5.82 Å². The number of nitrogens with one attached hydrogen (secondary N) is 1. The highest BCUT2D eigenvalue weighted by Gasteiger charge is 2.16. The monoisotopic (exact) mass is 406 g/mol. The molecule has 0 aliphatic heterocycles. The minimum absolute atomic E-state index is 0.119. The quantitative estimate of drug-likeness (QED) is 0.673. The Morgan fingerprint density at radius 2 is 2.00 bits per heavy atom. The minimum Gasteiger partial charge on any atom is -0.306 e. The molecule has 1 N–H and O–H groups in total. The van der Waals surface area contributed by atoms with Crippen LogP contribution in [0, 0.1) is 13.8 Å². The zero-order chi connectivity index (χ0) is 17.3. The van der Waals surface area contributed by atoms with Crippen molar-refractivity contribution in [2.75, 3.05) is 5.32 Å². The van der Waals surface area contributed by atoms with Crippen molar-refractivity contribution >= 4 is 39.3 Å². The number of hydrogen-bond acceptors (Lipinski definition) is 5. The van der Waals surface area contributed by atoms with Gasteiger partial charge in [0.15, 0.2) is 5.82 Å². The molecule has 0 aliphatic carbocycles. The van der Waals surface area contributed by atoms with Crippen LogP contribution in [0.15, 0.2) is 34.9 Å². The third-order valence-electron chi connectivity index (χ3n) is 3.12. The molecule has 0 atom stereocenters. The smallest absolute Gasteiger partial charge is 0.259 e. The van der Waals surface area contributed by atoms with Crippen molar-refractivity contribution in [2.45, 2.75) is 13.8 Å². The van der Waals surface area contributed by atoms with Crippen molar-refractivity contribution in [2.24, 2.45) is 0 Å². The van der Waals surface area contributed by atoms with E-state index in [0.29, 0.717) is 16.1 Å². The molecule has 0 bridgehead atoms. The van der Waals surface area contributed by atoms with Gasteiger partial charge in [0.2, 0.25) is 0 Å². The molecule has 0 aromatic carbocycles. The minimum atomic E-state index is -0.393. The maximum Gasteiger partial charge on any atom is 0.259 e. The summed E-state index contributed by atoms with van der Waals surface area (Å²) in [6.07, 6.45) is 1.52. The average Bonchev–Trinajstić information content (AvgIpc) is 2.91. The van der Waals surface area contributed by atoms with E-state index in [1.54, 1.807) is 18.2 Å². The van der Waals surface area contributed by atoms with Gasteiger partial charge in [-0.05, 0) is 48.0 Å². The van der Waals surface area contributed by atoms with Crippen LogP contribution in [0.5, 0.6) is 0 Å². The fourth-order valence-electron chi connectivity index (χ4n) is 2.03. The fraction of sp³-hybridized carbons (Fsp3) is 0.133. The van der Waals surface area contributed by atoms with E-state index in [4.69, 9.17) is 11.6 Å². The summed E-state index contributed by atoms with van der Waals surface area (Å²) < 4.78 is 2.17. The summed E-state index contributed by atoms with van der Waals surface area (Å²) in [5.41, 5.74) is 1.78. The molecular weight excluding hydrogens is 396 g/mol. The summed E-state index contributed by atoms with van der Waals surface area (Å²) in [6, 6.07) is 6.93. The van der Waals surface area contributed by atoms with E-state index in [1.165, 1.54) is 10.9 Å². The Morgan fingerprint density at radius 1 is 1.21 bits per heavy atom. The molecule has 3 aromatic heterocycles. The molecule has 0 saturated heterocycles. The zero-order valence-electron chi connectivity index (χ0n) is 12.8. The van der Waals surface area contributed by atoms with Gasteiger partial charge in [-0.1, -0.05) is 11.6 Å². The number of halogens is 2. The van der Waals surface area contributed by atoms with Crippen LogP contribution < -0.4 is 5.32 Å². The van der Waals surface area contributed by atoms with Crippen LogP contribution in [0.4, 0.5) is 5.82 Å². The van der Waals surface area contributed by atoms with E-state index < -0.39 is 5.91 Å². The molecule has 3 heterocycles. The summed E-state index contributed by atoms with van der Waals surface area (Å²) in [7, 11) is 0. The van der Waals surface area contributed by atoms with Gasteiger partial charge >= 0.3 is 0 Å². The zero-order valence-corrected chi connectivity index (χ0v) is 15.1. The average molecular weight is 408 g/mol. The van der Waals surface area contributed by atoms with Gasteiger partial charge in [0.1, 0.15) is 11.0 Å². The number of carbonyl (C=O) groups excluding carboxylic acids is 1. The van der Waals surface area contributed by atoms with Crippen molar-refractivity contribution in [1.82, 2.24) is 25.0 Å². The van der Waals surface area contributed by atoms with Crippen molar-refractivity contribution in [1.29, 1.82) is 0 Å². The Hall–Kier alpha value is -2.32. The summed E-state index contributed by atoms with van der Waals surface area (Å²) in [4.78, 5) is 16.5. The predicted octanol–water partition coefficient (Wildman–Crippen LogP) is 3.34. The molecule has 0 radical (unpaired) electrons. The van der Waals surface area contributed by atoms with E-state index in [0.717, 1.165) is 11.4 Å². The Bertz CT molecular complexity index is 909. The van der Waals surface area contributed by atoms with Gasteiger partial charge in [-0.2, -0.15) is 14.9 Å². The fourth-order valence-corrected chi connectivity index (χ4v) is 2.55. The number of aryl methyl sites for hydroxylation is 2. The van der Waals surface area contributed by atoms with Gasteiger partial charge in [-0.15, -0.1) is 5.10 Å². The second-order valence-electron chi connectivity index (χ2n) is 5.06. The molecule has 9 heteroatoms.